The highest BCUT2D eigenvalue weighted by molar-refractivity contribution is 8.13. The van der Waals surface area contributed by atoms with E-state index in [1.165, 1.54) is 23.1 Å². The van der Waals surface area contributed by atoms with Gasteiger partial charge in [0.05, 0.1) is 4.90 Å². The number of hydrogen-bond donors (Lipinski definition) is 0. The van der Waals surface area contributed by atoms with Gasteiger partial charge in [0.2, 0.25) is 0 Å². The van der Waals surface area contributed by atoms with E-state index in [1.54, 1.807) is 20.2 Å². The summed E-state index contributed by atoms with van der Waals surface area (Å²) < 4.78 is 27.3. The van der Waals surface area contributed by atoms with E-state index >= 15 is 0 Å². The van der Waals surface area contributed by atoms with Crippen LogP contribution >= 0.6 is 10.7 Å². The number of halogens is 1. The number of carbonyl (C=O) groups is 1. The molecule has 1 amide bonds. The fourth-order valence-corrected chi connectivity index (χ4v) is 2.35. The summed E-state index contributed by atoms with van der Waals surface area (Å²) in [7, 11) is 4.67. The molecule has 1 aromatic carbocycles. The minimum Gasteiger partial charge on any atom is -0.385 e. The van der Waals surface area contributed by atoms with Gasteiger partial charge in [0.1, 0.15) is 0 Å². The van der Waals surface area contributed by atoms with Gasteiger partial charge in [-0.15, -0.1) is 0 Å². The van der Waals surface area contributed by atoms with Crippen molar-refractivity contribution in [1.82, 2.24) is 4.90 Å². The molecule has 1 aromatic rings. The first kappa shape index (κ1) is 15.9. The lowest BCUT2D eigenvalue weighted by Crippen LogP contribution is -2.28. The Morgan fingerprint density at radius 1 is 1.42 bits per heavy atom. The second-order valence-corrected chi connectivity index (χ2v) is 6.60. The van der Waals surface area contributed by atoms with Gasteiger partial charge in [-0.25, -0.2) is 8.42 Å². The predicted octanol–water partition coefficient (Wildman–Crippen LogP) is 1.72. The van der Waals surface area contributed by atoms with E-state index in [-0.39, 0.29) is 10.8 Å². The van der Waals surface area contributed by atoms with Gasteiger partial charge in [0.15, 0.2) is 0 Å². The van der Waals surface area contributed by atoms with Crippen molar-refractivity contribution in [3.05, 3.63) is 29.8 Å². The summed E-state index contributed by atoms with van der Waals surface area (Å²) in [4.78, 5) is 13.5. The Hall–Kier alpha value is -1.11. The van der Waals surface area contributed by atoms with Crippen LogP contribution in [0.5, 0.6) is 0 Å². The van der Waals surface area contributed by atoms with Crippen molar-refractivity contribution in [2.45, 2.75) is 11.3 Å². The maximum Gasteiger partial charge on any atom is 0.261 e. The molecule has 19 heavy (non-hydrogen) atoms. The van der Waals surface area contributed by atoms with E-state index < -0.39 is 9.05 Å². The lowest BCUT2D eigenvalue weighted by atomic mass is 10.2. The number of carbonyl (C=O) groups excluding carboxylic acids is 1. The van der Waals surface area contributed by atoms with Crippen molar-refractivity contribution in [3.63, 3.8) is 0 Å². The molecule has 0 radical (unpaired) electrons. The summed E-state index contributed by atoms with van der Waals surface area (Å²) in [5, 5.41) is 0. The number of nitrogens with zero attached hydrogens (tertiary/aromatic N) is 1. The minimum atomic E-state index is -3.82. The van der Waals surface area contributed by atoms with Crippen LogP contribution < -0.4 is 0 Å². The Kier molecular flexibility index (Phi) is 5.78. The quantitative estimate of drug-likeness (QED) is 0.593. The fourth-order valence-electron chi connectivity index (χ4n) is 1.55. The van der Waals surface area contributed by atoms with Crippen LogP contribution in [-0.2, 0) is 13.8 Å². The van der Waals surface area contributed by atoms with Crippen LogP contribution in [0.4, 0.5) is 0 Å². The van der Waals surface area contributed by atoms with Gasteiger partial charge in [-0.1, -0.05) is 6.07 Å². The molecule has 0 aliphatic rings. The Labute approximate surface area is 117 Å². The molecule has 7 heteroatoms. The zero-order valence-electron chi connectivity index (χ0n) is 10.8. The molecule has 106 valence electrons. The average molecular weight is 306 g/mol. The van der Waals surface area contributed by atoms with E-state index in [4.69, 9.17) is 15.4 Å². The Morgan fingerprint density at radius 3 is 2.68 bits per heavy atom. The van der Waals surface area contributed by atoms with Crippen molar-refractivity contribution in [2.75, 3.05) is 27.3 Å². The largest absolute Gasteiger partial charge is 0.385 e. The highest BCUT2D eigenvalue weighted by atomic mass is 35.7. The fraction of sp³-hybridized carbons (Fsp3) is 0.417. The number of amides is 1. The normalized spacial score (nSPS) is 11.3. The van der Waals surface area contributed by atoms with E-state index in [0.29, 0.717) is 25.1 Å². The minimum absolute atomic E-state index is 0.0784. The Morgan fingerprint density at radius 2 is 2.11 bits per heavy atom. The first-order valence-corrected chi connectivity index (χ1v) is 7.96. The smallest absolute Gasteiger partial charge is 0.261 e. The van der Waals surface area contributed by atoms with Gasteiger partial charge in [-0.3, -0.25) is 4.79 Å². The third-order valence-electron chi connectivity index (χ3n) is 2.55. The molecule has 0 aromatic heterocycles. The zero-order chi connectivity index (χ0) is 14.5. The molecule has 0 spiro atoms. The van der Waals surface area contributed by atoms with Crippen molar-refractivity contribution in [2.24, 2.45) is 0 Å². The zero-order valence-corrected chi connectivity index (χ0v) is 12.4. The predicted molar refractivity (Wildman–Crippen MR) is 72.9 cm³/mol. The SMILES string of the molecule is COCCCN(C)C(=O)c1cccc(S(=O)(=O)Cl)c1. The molecule has 0 atom stereocenters. The number of hydrogen-bond acceptors (Lipinski definition) is 4. The lowest BCUT2D eigenvalue weighted by molar-refractivity contribution is 0.0779. The molecule has 5 nitrogen and oxygen atoms in total. The summed E-state index contributed by atoms with van der Waals surface area (Å²) >= 11 is 0. The second-order valence-electron chi connectivity index (χ2n) is 4.04. The van der Waals surface area contributed by atoms with E-state index in [0.717, 1.165) is 0 Å². The van der Waals surface area contributed by atoms with Crippen molar-refractivity contribution < 1.29 is 17.9 Å². The van der Waals surface area contributed by atoms with Crippen LogP contribution in [0.1, 0.15) is 16.8 Å². The van der Waals surface area contributed by atoms with E-state index in [1.807, 2.05) is 0 Å². The van der Waals surface area contributed by atoms with Crippen LogP contribution in [0.15, 0.2) is 29.2 Å². The topological polar surface area (TPSA) is 63.7 Å². The highest BCUT2D eigenvalue weighted by Crippen LogP contribution is 2.17. The van der Waals surface area contributed by atoms with Crippen LogP contribution in [0.3, 0.4) is 0 Å². The van der Waals surface area contributed by atoms with Gasteiger partial charge in [0.25, 0.3) is 15.0 Å². The second kappa shape index (κ2) is 6.88. The summed E-state index contributed by atoms with van der Waals surface area (Å²) in [5.41, 5.74) is 0.293. The summed E-state index contributed by atoms with van der Waals surface area (Å²) in [6.45, 7) is 1.10. The maximum absolute atomic E-state index is 12.1. The van der Waals surface area contributed by atoms with Crippen LogP contribution in [-0.4, -0.2) is 46.5 Å². The third kappa shape index (κ3) is 4.81. The van der Waals surface area contributed by atoms with Gasteiger partial charge in [-0.2, -0.15) is 0 Å². The molecule has 0 aliphatic carbocycles. The number of benzene rings is 1. The van der Waals surface area contributed by atoms with Gasteiger partial charge < -0.3 is 9.64 Å². The van der Waals surface area contributed by atoms with Crippen molar-refractivity contribution >= 4 is 25.6 Å². The first-order chi connectivity index (χ1) is 8.86. The lowest BCUT2D eigenvalue weighted by Gasteiger charge is -2.17. The third-order valence-corrected chi connectivity index (χ3v) is 3.90. The molecular weight excluding hydrogens is 290 g/mol. The summed E-state index contributed by atoms with van der Waals surface area (Å²) in [6, 6.07) is 5.67. The monoisotopic (exact) mass is 305 g/mol. The first-order valence-electron chi connectivity index (χ1n) is 5.65. The Balaban J connectivity index is 2.82. The number of methoxy groups -OCH3 is 1. The number of ether oxygens (including phenoxy) is 1. The molecule has 0 fully saturated rings. The average Bonchev–Trinajstić information content (AvgIpc) is 2.37. The summed E-state index contributed by atoms with van der Waals surface area (Å²) in [5.74, 6) is -0.252. The van der Waals surface area contributed by atoms with Gasteiger partial charge in [0, 0.05) is 43.6 Å². The molecule has 0 aliphatic heterocycles. The van der Waals surface area contributed by atoms with Gasteiger partial charge in [-0.05, 0) is 24.6 Å². The van der Waals surface area contributed by atoms with Crippen LogP contribution in [0.2, 0.25) is 0 Å². The molecule has 0 saturated heterocycles. The molecule has 0 heterocycles. The van der Waals surface area contributed by atoms with Crippen molar-refractivity contribution in [1.29, 1.82) is 0 Å². The highest BCUT2D eigenvalue weighted by Gasteiger charge is 2.15. The molecule has 0 saturated carbocycles. The van der Waals surface area contributed by atoms with E-state index in [9.17, 15) is 13.2 Å². The summed E-state index contributed by atoms with van der Waals surface area (Å²) in [6.07, 6.45) is 0.715. The number of rotatable bonds is 6. The Bertz CT molecular complexity index is 544. The van der Waals surface area contributed by atoms with Crippen molar-refractivity contribution in [3.8, 4) is 0 Å². The molecule has 0 unspecified atom stereocenters. The van der Waals surface area contributed by atoms with Crippen LogP contribution in [0.25, 0.3) is 0 Å². The maximum atomic E-state index is 12.1. The van der Waals surface area contributed by atoms with Gasteiger partial charge >= 0.3 is 0 Å². The molecular formula is C12H16ClNO4S. The van der Waals surface area contributed by atoms with Crippen LogP contribution in [0, 0.1) is 0 Å². The molecule has 0 bridgehead atoms. The van der Waals surface area contributed by atoms with E-state index in [2.05, 4.69) is 0 Å². The standard InChI is InChI=1S/C12H16ClNO4S/c1-14(7-4-8-18-2)12(15)10-5-3-6-11(9-10)19(13,16)17/h3,5-6,9H,4,7-8H2,1-2H3. The molecule has 1 rings (SSSR count). The molecule has 0 N–H and O–H groups in total.